The molecule has 2 aliphatic heterocycles. The third-order valence-electron chi connectivity index (χ3n) is 4.19. The Morgan fingerprint density at radius 2 is 2.11 bits per heavy atom. The molecule has 5 heteroatoms. The Morgan fingerprint density at radius 3 is 2.72 bits per heavy atom. The van der Waals surface area contributed by atoms with E-state index in [4.69, 9.17) is 9.47 Å². The van der Waals surface area contributed by atoms with Gasteiger partial charge in [0.2, 0.25) is 0 Å². The fourth-order valence-electron chi connectivity index (χ4n) is 3.11. The molecule has 3 rings (SSSR count). The number of amides is 1. The van der Waals surface area contributed by atoms with E-state index in [2.05, 4.69) is 0 Å². The van der Waals surface area contributed by atoms with Crippen molar-refractivity contribution < 1.29 is 19.1 Å². The molecule has 0 spiro atoms. The molecule has 0 aromatic heterocycles. The highest BCUT2D eigenvalue weighted by Crippen LogP contribution is 2.37. The number of ether oxygens (including phenoxy) is 2. The van der Waals surface area contributed by atoms with Crippen molar-refractivity contribution in [2.24, 2.45) is 5.92 Å². The average molecular weight is 253 g/mol. The lowest BCUT2D eigenvalue weighted by molar-refractivity contribution is -0.135. The number of carbonyl (C=O) groups is 2. The number of hydrogen-bond donors (Lipinski definition) is 0. The van der Waals surface area contributed by atoms with Gasteiger partial charge >= 0.3 is 6.09 Å². The molecule has 2 heterocycles. The van der Waals surface area contributed by atoms with E-state index < -0.39 is 0 Å². The summed E-state index contributed by atoms with van der Waals surface area (Å²) in [6.07, 6.45) is 4.20. The Balaban J connectivity index is 1.44. The number of hydrogen-bond acceptors (Lipinski definition) is 4. The Hall–Kier alpha value is -1.10. The Labute approximate surface area is 106 Å². The molecule has 3 unspecified atom stereocenters. The van der Waals surface area contributed by atoms with Crippen LogP contribution in [0.5, 0.6) is 0 Å². The molecule has 1 aliphatic carbocycles. The van der Waals surface area contributed by atoms with Gasteiger partial charge in [-0.25, -0.2) is 4.79 Å². The molecule has 0 radical (unpaired) electrons. The summed E-state index contributed by atoms with van der Waals surface area (Å²) in [6.45, 7) is 1.90. The van der Waals surface area contributed by atoms with Crippen LogP contribution in [0.15, 0.2) is 0 Å². The zero-order valence-corrected chi connectivity index (χ0v) is 10.5. The fraction of sp³-hybridized carbons (Fsp3) is 0.846. The predicted molar refractivity (Wildman–Crippen MR) is 63.2 cm³/mol. The van der Waals surface area contributed by atoms with E-state index in [9.17, 15) is 9.59 Å². The minimum atomic E-state index is -0.229. The number of Topliss-reactive ketones (excluding diaryl/α,β-unsaturated/α-hetero) is 1. The number of rotatable bonds is 2. The minimum absolute atomic E-state index is 0.0681. The highest BCUT2D eigenvalue weighted by Gasteiger charge is 2.46. The van der Waals surface area contributed by atoms with Gasteiger partial charge in [0.05, 0.1) is 6.10 Å². The van der Waals surface area contributed by atoms with Gasteiger partial charge in [-0.1, -0.05) is 0 Å². The molecular weight excluding hydrogens is 234 g/mol. The summed E-state index contributed by atoms with van der Waals surface area (Å²) in [5, 5.41) is 0. The van der Waals surface area contributed by atoms with Crippen LogP contribution < -0.4 is 0 Å². The van der Waals surface area contributed by atoms with Crippen LogP contribution in [0.3, 0.4) is 0 Å². The van der Waals surface area contributed by atoms with Crippen LogP contribution in [0, 0.1) is 5.92 Å². The number of nitrogens with zero attached hydrogens (tertiary/aromatic N) is 1. The van der Waals surface area contributed by atoms with Crippen LogP contribution in [0.1, 0.15) is 32.1 Å². The zero-order valence-electron chi connectivity index (χ0n) is 10.5. The smallest absolute Gasteiger partial charge is 0.409 e. The molecule has 2 bridgehead atoms. The first kappa shape index (κ1) is 12.0. The molecule has 3 atom stereocenters. The van der Waals surface area contributed by atoms with Crippen molar-refractivity contribution in [2.75, 3.05) is 19.7 Å². The second-order valence-corrected chi connectivity index (χ2v) is 5.45. The average Bonchev–Trinajstić information content (AvgIpc) is 2.95. The second kappa shape index (κ2) is 4.88. The van der Waals surface area contributed by atoms with Gasteiger partial charge in [-0.05, 0) is 31.6 Å². The lowest BCUT2D eigenvalue weighted by Gasteiger charge is -2.27. The van der Waals surface area contributed by atoms with E-state index in [1.807, 2.05) is 0 Å². The van der Waals surface area contributed by atoms with Gasteiger partial charge in [-0.3, -0.25) is 4.79 Å². The van der Waals surface area contributed by atoms with E-state index in [1.165, 1.54) is 6.42 Å². The normalized spacial score (nSPS) is 35.0. The largest absolute Gasteiger partial charge is 0.447 e. The van der Waals surface area contributed by atoms with Crippen LogP contribution in [0.4, 0.5) is 4.79 Å². The summed E-state index contributed by atoms with van der Waals surface area (Å²) >= 11 is 0. The summed E-state index contributed by atoms with van der Waals surface area (Å²) in [5.41, 5.74) is 0. The van der Waals surface area contributed by atoms with Gasteiger partial charge in [0, 0.05) is 19.5 Å². The van der Waals surface area contributed by atoms with Crippen molar-refractivity contribution in [3.63, 3.8) is 0 Å². The number of fused-ring (bicyclic) bond motifs is 2. The van der Waals surface area contributed by atoms with Gasteiger partial charge in [0.25, 0.3) is 0 Å². The van der Waals surface area contributed by atoms with Crippen LogP contribution in [-0.4, -0.2) is 48.7 Å². The van der Waals surface area contributed by atoms with Crippen LogP contribution in [0.25, 0.3) is 0 Å². The third kappa shape index (κ3) is 2.23. The molecular formula is C13H19NO4. The molecule has 100 valence electrons. The molecule has 3 fully saturated rings. The number of likely N-dealkylation sites (tertiary alicyclic amines) is 1. The van der Waals surface area contributed by atoms with Gasteiger partial charge in [0.15, 0.2) is 5.78 Å². The van der Waals surface area contributed by atoms with Gasteiger partial charge < -0.3 is 14.4 Å². The topological polar surface area (TPSA) is 55.8 Å². The lowest BCUT2D eigenvalue weighted by atomic mass is 10.0. The predicted octanol–water partition coefficient (Wildman–Crippen LogP) is 1.36. The molecule has 0 N–H and O–H groups in total. The van der Waals surface area contributed by atoms with E-state index in [0.717, 1.165) is 32.4 Å². The molecule has 1 saturated carbocycles. The van der Waals surface area contributed by atoms with E-state index in [1.54, 1.807) is 4.90 Å². The van der Waals surface area contributed by atoms with Gasteiger partial charge in [-0.2, -0.15) is 0 Å². The highest BCUT2D eigenvalue weighted by atomic mass is 16.6. The van der Waals surface area contributed by atoms with Crippen LogP contribution in [-0.2, 0) is 14.3 Å². The van der Waals surface area contributed by atoms with Crippen molar-refractivity contribution in [2.45, 2.75) is 44.3 Å². The maximum absolute atomic E-state index is 11.8. The highest BCUT2D eigenvalue weighted by molar-refractivity contribution is 5.86. The van der Waals surface area contributed by atoms with E-state index in [-0.39, 0.29) is 30.0 Å². The first-order valence-electron chi connectivity index (χ1n) is 6.84. The summed E-state index contributed by atoms with van der Waals surface area (Å²) in [4.78, 5) is 24.9. The second-order valence-electron chi connectivity index (χ2n) is 5.45. The van der Waals surface area contributed by atoms with Gasteiger partial charge in [-0.15, -0.1) is 0 Å². The van der Waals surface area contributed by atoms with Crippen molar-refractivity contribution >= 4 is 11.9 Å². The number of carbonyl (C=O) groups excluding carboxylic acids is 2. The molecule has 0 aromatic carbocycles. The van der Waals surface area contributed by atoms with E-state index in [0.29, 0.717) is 13.0 Å². The summed E-state index contributed by atoms with van der Waals surface area (Å²) in [5.74, 6) is 0.468. The van der Waals surface area contributed by atoms with Gasteiger partial charge in [0.1, 0.15) is 12.7 Å². The SMILES string of the molecule is O=C1CC2CC1OC2COC(=O)N1CCCCC1. The minimum Gasteiger partial charge on any atom is -0.447 e. The van der Waals surface area contributed by atoms with E-state index >= 15 is 0 Å². The summed E-state index contributed by atoms with van der Waals surface area (Å²) in [7, 11) is 0. The number of piperidine rings is 1. The van der Waals surface area contributed by atoms with Crippen molar-refractivity contribution in [3.8, 4) is 0 Å². The molecule has 1 amide bonds. The summed E-state index contributed by atoms with van der Waals surface area (Å²) in [6, 6.07) is 0. The molecule has 5 nitrogen and oxygen atoms in total. The standard InChI is InChI=1S/C13H19NO4/c15-10-6-9-7-11(10)18-12(9)8-17-13(16)14-4-2-1-3-5-14/h9,11-12H,1-8H2. The Bertz CT molecular complexity index is 351. The van der Waals surface area contributed by atoms with Crippen molar-refractivity contribution in [3.05, 3.63) is 0 Å². The quantitative estimate of drug-likeness (QED) is 0.745. The first-order valence-corrected chi connectivity index (χ1v) is 6.84. The molecule has 3 aliphatic rings. The van der Waals surface area contributed by atoms with Crippen molar-refractivity contribution in [1.82, 2.24) is 4.90 Å². The zero-order chi connectivity index (χ0) is 12.5. The molecule has 18 heavy (non-hydrogen) atoms. The maximum atomic E-state index is 11.8. The molecule has 0 aromatic rings. The number of ketones is 1. The maximum Gasteiger partial charge on any atom is 0.409 e. The Morgan fingerprint density at radius 1 is 1.33 bits per heavy atom. The van der Waals surface area contributed by atoms with Crippen LogP contribution in [0.2, 0.25) is 0 Å². The third-order valence-corrected chi connectivity index (χ3v) is 4.19. The monoisotopic (exact) mass is 253 g/mol. The fourth-order valence-corrected chi connectivity index (χ4v) is 3.11. The lowest BCUT2D eigenvalue weighted by Crippen LogP contribution is -2.39. The van der Waals surface area contributed by atoms with Crippen LogP contribution >= 0.6 is 0 Å². The van der Waals surface area contributed by atoms with Crippen molar-refractivity contribution in [1.29, 1.82) is 0 Å². The summed E-state index contributed by atoms with van der Waals surface area (Å²) < 4.78 is 10.9. The Kier molecular flexibility index (Phi) is 3.24. The molecule has 2 saturated heterocycles. The first-order chi connectivity index (χ1) is 8.74.